The third-order valence-corrected chi connectivity index (χ3v) is 2.43. The van der Waals surface area contributed by atoms with Crippen molar-refractivity contribution in [3.05, 3.63) is 0 Å². The molecule has 0 aromatic heterocycles. The number of hydrogen-bond donors (Lipinski definition) is 3. The first kappa shape index (κ1) is 21.7. The smallest absolute Gasteiger partial charge is 0.246 e. The van der Waals surface area contributed by atoms with Crippen molar-refractivity contribution in [1.82, 2.24) is 16.0 Å². The molecule has 0 spiro atoms. The normalized spacial score (nSPS) is 10.5. The van der Waals surface area contributed by atoms with Crippen molar-refractivity contribution in [3.8, 4) is 0 Å². The quantitative estimate of drug-likeness (QED) is 0.232. The molecule has 0 saturated heterocycles. The van der Waals surface area contributed by atoms with Crippen molar-refractivity contribution in [3.63, 3.8) is 0 Å². The maximum absolute atomic E-state index is 11.2. The number of ether oxygens (including phenoxy) is 4. The van der Waals surface area contributed by atoms with Gasteiger partial charge in [-0.05, 0) is 7.05 Å². The molecule has 0 aliphatic rings. The zero-order valence-electron chi connectivity index (χ0n) is 14.0. The fourth-order valence-corrected chi connectivity index (χ4v) is 1.36. The van der Waals surface area contributed by atoms with Crippen LogP contribution in [0.2, 0.25) is 0 Å². The van der Waals surface area contributed by atoms with E-state index in [1.807, 2.05) is 0 Å². The van der Waals surface area contributed by atoms with Crippen molar-refractivity contribution < 1.29 is 28.5 Å². The Morgan fingerprint density at radius 1 is 0.783 bits per heavy atom. The van der Waals surface area contributed by atoms with Crippen LogP contribution in [0.25, 0.3) is 0 Å². The van der Waals surface area contributed by atoms with Crippen molar-refractivity contribution in [2.24, 2.45) is 0 Å². The van der Waals surface area contributed by atoms with Gasteiger partial charge in [-0.25, -0.2) is 0 Å². The van der Waals surface area contributed by atoms with Gasteiger partial charge in [0.2, 0.25) is 11.8 Å². The first-order valence-corrected chi connectivity index (χ1v) is 7.63. The van der Waals surface area contributed by atoms with Crippen LogP contribution in [0.4, 0.5) is 0 Å². The predicted molar refractivity (Wildman–Crippen MR) is 84.0 cm³/mol. The number of nitrogens with one attached hydrogen (secondary N) is 3. The van der Waals surface area contributed by atoms with Gasteiger partial charge in [-0.2, -0.15) is 0 Å². The van der Waals surface area contributed by atoms with Crippen LogP contribution < -0.4 is 16.0 Å². The molecule has 9 heteroatoms. The molecule has 0 aliphatic heterocycles. The van der Waals surface area contributed by atoms with Gasteiger partial charge in [0.05, 0.1) is 52.9 Å². The summed E-state index contributed by atoms with van der Waals surface area (Å²) in [5, 5.41) is 8.05. The third kappa shape index (κ3) is 18.7. The summed E-state index contributed by atoms with van der Waals surface area (Å²) >= 11 is 0. The van der Waals surface area contributed by atoms with Gasteiger partial charge in [0, 0.05) is 13.5 Å². The summed E-state index contributed by atoms with van der Waals surface area (Å²) in [5.41, 5.74) is 0. The first-order chi connectivity index (χ1) is 11.2. The molecule has 0 bridgehead atoms. The van der Waals surface area contributed by atoms with E-state index >= 15 is 0 Å². The highest BCUT2D eigenvalue weighted by Gasteiger charge is 1.99. The molecular weight excluding hydrogens is 306 g/mol. The fourth-order valence-electron chi connectivity index (χ4n) is 1.36. The molecule has 3 N–H and O–H groups in total. The van der Waals surface area contributed by atoms with Gasteiger partial charge in [0.1, 0.15) is 6.61 Å². The largest absolute Gasteiger partial charge is 0.377 e. The lowest BCUT2D eigenvalue weighted by Crippen LogP contribution is -2.34. The minimum Gasteiger partial charge on any atom is -0.377 e. The summed E-state index contributed by atoms with van der Waals surface area (Å²) < 4.78 is 21.0. The lowest BCUT2D eigenvalue weighted by molar-refractivity contribution is -0.126. The van der Waals surface area contributed by atoms with Crippen LogP contribution in [0.15, 0.2) is 0 Å². The van der Waals surface area contributed by atoms with E-state index in [1.54, 1.807) is 7.05 Å². The highest BCUT2D eigenvalue weighted by molar-refractivity contribution is 5.77. The Balaban J connectivity index is 3.08. The van der Waals surface area contributed by atoms with Gasteiger partial charge in [0.15, 0.2) is 0 Å². The van der Waals surface area contributed by atoms with Crippen LogP contribution in [0, 0.1) is 0 Å². The summed E-state index contributed by atoms with van der Waals surface area (Å²) in [6.07, 6.45) is 0. The first-order valence-electron chi connectivity index (χ1n) is 7.63. The van der Waals surface area contributed by atoms with Gasteiger partial charge in [-0.1, -0.05) is 0 Å². The molecule has 0 fully saturated rings. The number of carbonyl (C=O) groups is 2. The second kappa shape index (κ2) is 17.1. The van der Waals surface area contributed by atoms with E-state index in [9.17, 15) is 9.59 Å². The lowest BCUT2D eigenvalue weighted by atomic mass is 10.6. The van der Waals surface area contributed by atoms with Crippen molar-refractivity contribution >= 4 is 11.8 Å². The summed E-state index contributed by atoms with van der Waals surface area (Å²) in [4.78, 5) is 21.8. The number of hydrogen-bond acceptors (Lipinski definition) is 7. The minimum absolute atomic E-state index is 0.0252. The summed E-state index contributed by atoms with van der Waals surface area (Å²) in [5.74, 6) is -0.231. The van der Waals surface area contributed by atoms with E-state index < -0.39 is 0 Å². The standard InChI is InChI=1S/C14H29N3O6/c1-13(18)16-3-4-20-5-6-21-7-8-22-9-10-23-11-14(19)17-12-15-2/h15H,3-12H2,1-2H3,(H,16,18)(H,17,19). The lowest BCUT2D eigenvalue weighted by Gasteiger charge is -2.08. The minimum atomic E-state index is -0.166. The number of carbonyl (C=O) groups excluding carboxylic acids is 2. The molecule has 23 heavy (non-hydrogen) atoms. The maximum atomic E-state index is 11.2. The van der Waals surface area contributed by atoms with Crippen molar-refractivity contribution in [2.45, 2.75) is 6.92 Å². The Bertz CT molecular complexity index is 304. The molecule has 0 radical (unpaired) electrons. The van der Waals surface area contributed by atoms with E-state index in [-0.39, 0.29) is 18.4 Å². The Morgan fingerprint density at radius 2 is 1.30 bits per heavy atom. The Kier molecular flexibility index (Phi) is 16.2. The molecule has 0 saturated carbocycles. The number of amides is 2. The van der Waals surface area contributed by atoms with Crippen LogP contribution in [-0.2, 0) is 28.5 Å². The zero-order chi connectivity index (χ0) is 17.2. The van der Waals surface area contributed by atoms with E-state index in [4.69, 9.17) is 18.9 Å². The van der Waals surface area contributed by atoms with Gasteiger partial charge in [0.25, 0.3) is 0 Å². The van der Waals surface area contributed by atoms with Crippen molar-refractivity contribution in [1.29, 1.82) is 0 Å². The Labute approximate surface area is 137 Å². The highest BCUT2D eigenvalue weighted by Crippen LogP contribution is 1.83. The van der Waals surface area contributed by atoms with Gasteiger partial charge in [-0.3, -0.25) is 9.59 Å². The van der Waals surface area contributed by atoms with Gasteiger partial charge >= 0.3 is 0 Å². The van der Waals surface area contributed by atoms with Crippen LogP contribution in [0.3, 0.4) is 0 Å². The Morgan fingerprint density at radius 3 is 1.83 bits per heavy atom. The summed E-state index contributed by atoms with van der Waals surface area (Å²) in [6, 6.07) is 0. The SMILES string of the molecule is CNCNC(=O)COCCOCCOCCOCCNC(C)=O. The number of rotatable bonds is 16. The molecule has 9 nitrogen and oxygen atoms in total. The molecule has 0 aliphatic carbocycles. The van der Waals surface area contributed by atoms with Crippen LogP contribution in [0.1, 0.15) is 6.92 Å². The van der Waals surface area contributed by atoms with E-state index in [2.05, 4.69) is 16.0 Å². The maximum Gasteiger partial charge on any atom is 0.246 e. The monoisotopic (exact) mass is 335 g/mol. The average molecular weight is 335 g/mol. The molecule has 0 heterocycles. The molecule has 2 amide bonds. The fraction of sp³-hybridized carbons (Fsp3) is 0.857. The van der Waals surface area contributed by atoms with Crippen molar-refractivity contribution in [2.75, 3.05) is 73.1 Å². The Hall–Kier alpha value is -1.26. The molecule has 0 aromatic carbocycles. The van der Waals surface area contributed by atoms with E-state index in [0.717, 1.165) is 0 Å². The topological polar surface area (TPSA) is 107 Å². The highest BCUT2D eigenvalue weighted by atomic mass is 16.6. The third-order valence-electron chi connectivity index (χ3n) is 2.43. The van der Waals surface area contributed by atoms with Crippen LogP contribution in [-0.4, -0.2) is 84.9 Å². The van der Waals surface area contributed by atoms with Gasteiger partial charge < -0.3 is 34.9 Å². The molecule has 0 aromatic rings. The van der Waals surface area contributed by atoms with E-state index in [1.165, 1.54) is 6.92 Å². The van der Waals surface area contributed by atoms with Crippen LogP contribution in [0.5, 0.6) is 0 Å². The van der Waals surface area contributed by atoms with Crippen LogP contribution >= 0.6 is 0 Å². The average Bonchev–Trinajstić information content (AvgIpc) is 2.52. The molecular formula is C14H29N3O6. The molecule has 0 atom stereocenters. The zero-order valence-corrected chi connectivity index (χ0v) is 14.0. The second-order valence-corrected chi connectivity index (χ2v) is 4.50. The predicted octanol–water partition coefficient (Wildman–Crippen LogP) is -1.52. The second-order valence-electron chi connectivity index (χ2n) is 4.50. The molecule has 0 rings (SSSR count). The summed E-state index contributed by atoms with van der Waals surface area (Å²) in [7, 11) is 1.75. The van der Waals surface area contributed by atoms with Gasteiger partial charge in [-0.15, -0.1) is 0 Å². The van der Waals surface area contributed by atoms with E-state index in [0.29, 0.717) is 59.5 Å². The molecule has 0 unspecified atom stereocenters. The molecule has 136 valence electrons. The summed E-state index contributed by atoms with van der Waals surface area (Å²) in [6.45, 7) is 5.55.